The van der Waals surface area contributed by atoms with Crippen molar-refractivity contribution in [2.24, 2.45) is 0 Å². The van der Waals surface area contributed by atoms with Gasteiger partial charge in [0, 0.05) is 34.4 Å². The number of nitrogens with zero attached hydrogens (tertiary/aromatic N) is 1. The molecule has 0 saturated carbocycles. The van der Waals surface area contributed by atoms with Crippen LogP contribution in [0.1, 0.15) is 29.8 Å². The second-order valence-electron chi connectivity index (χ2n) is 5.60. The monoisotopic (exact) mass is 393 g/mol. The molecular formula is C19H21Cl2N3O2. The van der Waals surface area contributed by atoms with E-state index in [1.807, 2.05) is 12.1 Å². The molecule has 0 heterocycles. The Bertz CT molecular complexity index is 755. The molecule has 0 radical (unpaired) electrons. The van der Waals surface area contributed by atoms with Gasteiger partial charge in [-0.15, -0.1) is 0 Å². The fourth-order valence-electron chi connectivity index (χ4n) is 2.52. The normalized spacial score (nSPS) is 10.3. The van der Waals surface area contributed by atoms with Crippen LogP contribution >= 0.6 is 23.2 Å². The van der Waals surface area contributed by atoms with Crippen LogP contribution < -0.4 is 15.8 Å². The van der Waals surface area contributed by atoms with Crippen molar-refractivity contribution >= 4 is 40.7 Å². The van der Waals surface area contributed by atoms with Crippen LogP contribution in [0.25, 0.3) is 0 Å². The Balaban J connectivity index is 1.93. The number of anilines is 1. The zero-order valence-electron chi connectivity index (χ0n) is 14.7. The maximum Gasteiger partial charge on any atom is 0.269 e. The van der Waals surface area contributed by atoms with Gasteiger partial charge in [0.1, 0.15) is 0 Å². The number of hydrazine groups is 1. The zero-order valence-corrected chi connectivity index (χ0v) is 16.2. The third-order valence-electron chi connectivity index (χ3n) is 3.97. The molecule has 2 aromatic rings. The molecule has 0 aromatic heterocycles. The number of benzene rings is 2. The Labute approximate surface area is 163 Å². The van der Waals surface area contributed by atoms with E-state index in [0.717, 1.165) is 18.8 Å². The van der Waals surface area contributed by atoms with E-state index in [1.54, 1.807) is 30.3 Å². The molecule has 7 heteroatoms. The summed E-state index contributed by atoms with van der Waals surface area (Å²) in [5.74, 6) is -0.803. The summed E-state index contributed by atoms with van der Waals surface area (Å²) in [6, 6.07) is 12.2. The highest BCUT2D eigenvalue weighted by Gasteiger charge is 2.12. The van der Waals surface area contributed by atoms with Gasteiger partial charge in [-0.05, 0) is 55.8 Å². The van der Waals surface area contributed by atoms with Crippen LogP contribution in [0.4, 0.5) is 5.69 Å². The molecule has 2 N–H and O–H groups in total. The molecule has 0 spiro atoms. The van der Waals surface area contributed by atoms with Gasteiger partial charge in [-0.1, -0.05) is 29.3 Å². The largest absolute Gasteiger partial charge is 0.372 e. The first-order valence-corrected chi connectivity index (χ1v) is 9.08. The third-order valence-corrected chi connectivity index (χ3v) is 4.68. The lowest BCUT2D eigenvalue weighted by Gasteiger charge is -2.21. The fourth-order valence-corrected chi connectivity index (χ4v) is 3.05. The Kier molecular flexibility index (Phi) is 7.30. The van der Waals surface area contributed by atoms with E-state index in [9.17, 15) is 9.59 Å². The molecule has 0 aliphatic heterocycles. The quantitative estimate of drug-likeness (QED) is 0.732. The smallest absolute Gasteiger partial charge is 0.269 e. The molecule has 26 heavy (non-hydrogen) atoms. The van der Waals surface area contributed by atoms with Crippen LogP contribution in [0, 0.1) is 0 Å². The van der Waals surface area contributed by atoms with Gasteiger partial charge in [0.05, 0.1) is 6.42 Å². The fraction of sp³-hybridized carbons (Fsp3) is 0.263. The Hall–Kier alpha value is -2.24. The molecule has 2 aromatic carbocycles. The van der Waals surface area contributed by atoms with Crippen LogP contribution in [0.3, 0.4) is 0 Å². The summed E-state index contributed by atoms with van der Waals surface area (Å²) < 4.78 is 0. The Morgan fingerprint density at radius 3 is 2.04 bits per heavy atom. The van der Waals surface area contributed by atoms with Crippen LogP contribution in [-0.4, -0.2) is 24.9 Å². The van der Waals surface area contributed by atoms with Gasteiger partial charge in [0.2, 0.25) is 5.91 Å². The first-order chi connectivity index (χ1) is 12.5. The van der Waals surface area contributed by atoms with Crippen molar-refractivity contribution in [1.82, 2.24) is 10.9 Å². The summed E-state index contributed by atoms with van der Waals surface area (Å²) in [5.41, 5.74) is 6.79. The molecule has 2 amide bonds. The van der Waals surface area contributed by atoms with E-state index in [2.05, 4.69) is 29.6 Å². The van der Waals surface area contributed by atoms with Gasteiger partial charge in [-0.2, -0.15) is 0 Å². The maximum atomic E-state index is 12.2. The summed E-state index contributed by atoms with van der Waals surface area (Å²) >= 11 is 12.1. The van der Waals surface area contributed by atoms with Gasteiger partial charge in [0.25, 0.3) is 5.91 Å². The molecule has 5 nitrogen and oxygen atoms in total. The molecule has 0 unspecified atom stereocenters. The van der Waals surface area contributed by atoms with E-state index < -0.39 is 11.8 Å². The van der Waals surface area contributed by atoms with Crippen LogP contribution in [-0.2, 0) is 11.2 Å². The predicted molar refractivity (Wildman–Crippen MR) is 106 cm³/mol. The van der Waals surface area contributed by atoms with Gasteiger partial charge in [-0.25, -0.2) is 0 Å². The third kappa shape index (κ3) is 5.13. The highest BCUT2D eigenvalue weighted by molar-refractivity contribution is 6.36. The second-order valence-corrected chi connectivity index (χ2v) is 6.41. The van der Waals surface area contributed by atoms with Crippen LogP contribution in [0.5, 0.6) is 0 Å². The summed E-state index contributed by atoms with van der Waals surface area (Å²) in [7, 11) is 0. The molecule has 0 atom stereocenters. The number of carbonyl (C=O) groups is 2. The molecule has 0 saturated heterocycles. The topological polar surface area (TPSA) is 61.4 Å². The SMILES string of the molecule is CCN(CC)c1ccc(C(=O)NNC(=O)Cc2c(Cl)cccc2Cl)cc1. The van der Waals surface area contributed by atoms with Crippen molar-refractivity contribution in [3.8, 4) is 0 Å². The lowest BCUT2D eigenvalue weighted by molar-refractivity contribution is -0.121. The van der Waals surface area contributed by atoms with Gasteiger partial charge in [0.15, 0.2) is 0 Å². The van der Waals surface area contributed by atoms with Crippen LogP contribution in [0.2, 0.25) is 10.0 Å². The summed E-state index contributed by atoms with van der Waals surface area (Å²) in [4.78, 5) is 26.4. The van der Waals surface area contributed by atoms with Gasteiger partial charge >= 0.3 is 0 Å². The summed E-state index contributed by atoms with van der Waals surface area (Å²) in [6.07, 6.45) is -0.0281. The Morgan fingerprint density at radius 2 is 1.50 bits per heavy atom. The predicted octanol–water partition coefficient (Wildman–Crippen LogP) is 3.84. The van der Waals surface area contributed by atoms with Gasteiger partial charge in [-0.3, -0.25) is 20.4 Å². The number of rotatable bonds is 6. The second kappa shape index (κ2) is 9.46. The molecule has 2 rings (SSSR count). The minimum atomic E-state index is -0.409. The van der Waals surface area contributed by atoms with Crippen molar-refractivity contribution in [1.29, 1.82) is 0 Å². The molecule has 138 valence electrons. The van der Waals surface area contributed by atoms with Crippen molar-refractivity contribution in [3.05, 3.63) is 63.6 Å². The Morgan fingerprint density at radius 1 is 0.923 bits per heavy atom. The lowest BCUT2D eigenvalue weighted by Crippen LogP contribution is -2.42. The standard InChI is InChI=1S/C19H21Cl2N3O2/c1-3-24(4-2)14-10-8-13(9-11-14)19(26)23-22-18(25)12-15-16(20)6-5-7-17(15)21/h5-11H,3-4,12H2,1-2H3,(H,22,25)(H,23,26). The lowest BCUT2D eigenvalue weighted by atomic mass is 10.1. The van der Waals surface area contributed by atoms with E-state index in [1.165, 1.54) is 0 Å². The molecule has 0 bridgehead atoms. The minimum Gasteiger partial charge on any atom is -0.372 e. The average Bonchev–Trinajstić information content (AvgIpc) is 2.64. The molecule has 0 aliphatic rings. The molecule has 0 fully saturated rings. The number of carbonyl (C=O) groups excluding carboxylic acids is 2. The summed E-state index contributed by atoms with van der Waals surface area (Å²) in [5, 5.41) is 0.817. The summed E-state index contributed by atoms with van der Waals surface area (Å²) in [6.45, 7) is 5.93. The van der Waals surface area contributed by atoms with E-state index in [-0.39, 0.29) is 6.42 Å². The average molecular weight is 394 g/mol. The van der Waals surface area contributed by atoms with E-state index >= 15 is 0 Å². The number of nitrogens with one attached hydrogen (secondary N) is 2. The van der Waals surface area contributed by atoms with Crippen molar-refractivity contribution in [2.45, 2.75) is 20.3 Å². The minimum absolute atomic E-state index is 0.0281. The van der Waals surface area contributed by atoms with Crippen molar-refractivity contribution in [2.75, 3.05) is 18.0 Å². The number of hydrogen-bond donors (Lipinski definition) is 2. The molecule has 0 aliphatic carbocycles. The van der Waals surface area contributed by atoms with Crippen molar-refractivity contribution < 1.29 is 9.59 Å². The highest BCUT2D eigenvalue weighted by Crippen LogP contribution is 2.24. The van der Waals surface area contributed by atoms with Crippen LogP contribution in [0.15, 0.2) is 42.5 Å². The van der Waals surface area contributed by atoms with E-state index in [4.69, 9.17) is 23.2 Å². The van der Waals surface area contributed by atoms with E-state index in [0.29, 0.717) is 21.2 Å². The zero-order chi connectivity index (χ0) is 19.1. The van der Waals surface area contributed by atoms with Crippen molar-refractivity contribution in [3.63, 3.8) is 0 Å². The molecular weight excluding hydrogens is 373 g/mol. The first-order valence-electron chi connectivity index (χ1n) is 8.33. The highest BCUT2D eigenvalue weighted by atomic mass is 35.5. The first kappa shape index (κ1) is 20.1. The van der Waals surface area contributed by atoms with Gasteiger partial charge < -0.3 is 4.90 Å². The number of amides is 2. The maximum absolute atomic E-state index is 12.2. The number of halogens is 2. The number of hydrogen-bond acceptors (Lipinski definition) is 3.